The van der Waals surface area contributed by atoms with E-state index in [1.165, 1.54) is 0 Å². The number of rotatable bonds is 3. The first kappa shape index (κ1) is 14.5. The topological polar surface area (TPSA) is 22.4 Å². The lowest BCUT2D eigenvalue weighted by molar-refractivity contribution is 0.406. The van der Waals surface area contributed by atoms with Gasteiger partial charge in [0, 0.05) is 15.6 Å². The van der Waals surface area contributed by atoms with Gasteiger partial charge in [-0.05, 0) is 44.0 Å². The molecule has 1 heterocycles. The van der Waals surface area contributed by atoms with Crippen LogP contribution in [0.25, 0.3) is 0 Å². The number of ether oxygens (including phenoxy) is 1. The zero-order chi connectivity index (χ0) is 14.2. The Balaban J connectivity index is 2.64. The molecule has 0 aliphatic carbocycles. The average molecular weight is 344 g/mol. The summed E-state index contributed by atoms with van der Waals surface area (Å²) in [4.78, 5) is 0. The van der Waals surface area contributed by atoms with E-state index in [1.54, 1.807) is 13.4 Å². The predicted octanol–water partition coefficient (Wildman–Crippen LogP) is 5.30. The Morgan fingerprint density at radius 2 is 2.00 bits per heavy atom. The lowest BCUT2D eigenvalue weighted by atomic mass is 9.97. The maximum Gasteiger partial charge on any atom is 0.127 e. The molecule has 1 atom stereocenters. The average Bonchev–Trinajstić information content (AvgIpc) is 2.79. The zero-order valence-corrected chi connectivity index (χ0v) is 13.7. The molecule has 19 heavy (non-hydrogen) atoms. The Hall–Kier alpha value is -0.930. The molecule has 102 valence electrons. The maximum absolute atomic E-state index is 6.65. The highest BCUT2D eigenvalue weighted by molar-refractivity contribution is 9.10. The highest BCUT2D eigenvalue weighted by atomic mass is 79.9. The molecule has 0 saturated heterocycles. The summed E-state index contributed by atoms with van der Waals surface area (Å²) in [7, 11) is 1.67. The molecule has 0 aliphatic rings. The van der Waals surface area contributed by atoms with Crippen LogP contribution in [0.2, 0.25) is 0 Å². The monoisotopic (exact) mass is 342 g/mol. The van der Waals surface area contributed by atoms with Crippen molar-refractivity contribution in [3.63, 3.8) is 0 Å². The van der Waals surface area contributed by atoms with Gasteiger partial charge in [-0.1, -0.05) is 15.9 Å². The molecule has 2 rings (SSSR count). The summed E-state index contributed by atoms with van der Waals surface area (Å²) in [6, 6.07) is 3.95. The second kappa shape index (κ2) is 5.59. The molecule has 1 unspecified atom stereocenters. The molecule has 0 saturated carbocycles. The summed E-state index contributed by atoms with van der Waals surface area (Å²) in [5.41, 5.74) is 4.10. The maximum atomic E-state index is 6.65. The van der Waals surface area contributed by atoms with Crippen LogP contribution in [-0.2, 0) is 0 Å². The van der Waals surface area contributed by atoms with Gasteiger partial charge in [-0.25, -0.2) is 0 Å². The highest BCUT2D eigenvalue weighted by Crippen LogP contribution is 2.42. The molecular weight excluding hydrogens is 328 g/mol. The van der Waals surface area contributed by atoms with Crippen LogP contribution in [-0.4, -0.2) is 7.11 Å². The molecule has 0 fully saturated rings. The first-order valence-corrected chi connectivity index (χ1v) is 7.22. The zero-order valence-electron chi connectivity index (χ0n) is 11.4. The van der Waals surface area contributed by atoms with Gasteiger partial charge in [0.2, 0.25) is 0 Å². The van der Waals surface area contributed by atoms with Gasteiger partial charge in [-0.3, -0.25) is 0 Å². The number of methoxy groups -OCH3 is 1. The molecule has 0 aliphatic heterocycles. The van der Waals surface area contributed by atoms with Gasteiger partial charge < -0.3 is 9.15 Å². The summed E-state index contributed by atoms with van der Waals surface area (Å²) in [6.07, 6.45) is 1.66. The number of hydrogen-bond acceptors (Lipinski definition) is 2. The normalized spacial score (nSPS) is 12.5. The van der Waals surface area contributed by atoms with Crippen LogP contribution in [0.15, 0.2) is 27.3 Å². The van der Waals surface area contributed by atoms with Crippen LogP contribution in [0.3, 0.4) is 0 Å². The molecule has 0 radical (unpaired) electrons. The van der Waals surface area contributed by atoms with Crippen molar-refractivity contribution in [2.75, 3.05) is 7.11 Å². The third kappa shape index (κ3) is 2.54. The number of hydrogen-bond donors (Lipinski definition) is 0. The minimum Gasteiger partial charge on any atom is -0.496 e. The third-order valence-electron chi connectivity index (χ3n) is 3.34. The Morgan fingerprint density at radius 3 is 2.53 bits per heavy atom. The van der Waals surface area contributed by atoms with Crippen molar-refractivity contribution in [2.45, 2.75) is 26.1 Å². The van der Waals surface area contributed by atoms with Gasteiger partial charge in [-0.2, -0.15) is 0 Å². The largest absolute Gasteiger partial charge is 0.496 e. The van der Waals surface area contributed by atoms with E-state index in [0.29, 0.717) is 0 Å². The second-order valence-corrected chi connectivity index (χ2v) is 5.83. The summed E-state index contributed by atoms with van der Waals surface area (Å²) < 4.78 is 11.9. The molecule has 1 aromatic heterocycles. The van der Waals surface area contributed by atoms with E-state index in [0.717, 1.165) is 38.2 Å². The minimum absolute atomic E-state index is 0.287. The molecule has 1 aromatic carbocycles. The fraction of sp³-hybridized carbons (Fsp3) is 0.333. The third-order valence-corrected chi connectivity index (χ3v) is 4.61. The van der Waals surface area contributed by atoms with Crippen molar-refractivity contribution in [3.05, 3.63) is 50.9 Å². The molecular formula is C15H16BrClO2. The molecule has 4 heteroatoms. The predicted molar refractivity (Wildman–Crippen MR) is 81.3 cm³/mol. The van der Waals surface area contributed by atoms with Crippen LogP contribution in [0.4, 0.5) is 0 Å². The van der Waals surface area contributed by atoms with Crippen molar-refractivity contribution in [3.8, 4) is 5.75 Å². The SMILES string of the molecule is COc1c(C)cc(Br)c(C)c1C(Cl)c1ccoc1C. The van der Waals surface area contributed by atoms with Crippen molar-refractivity contribution in [2.24, 2.45) is 0 Å². The van der Waals surface area contributed by atoms with Crippen molar-refractivity contribution in [1.82, 2.24) is 0 Å². The van der Waals surface area contributed by atoms with E-state index in [2.05, 4.69) is 15.9 Å². The minimum atomic E-state index is -0.287. The summed E-state index contributed by atoms with van der Waals surface area (Å²) in [6.45, 7) is 5.96. The van der Waals surface area contributed by atoms with E-state index < -0.39 is 0 Å². The number of aryl methyl sites for hydroxylation is 2. The summed E-state index contributed by atoms with van der Waals surface area (Å²) in [5.74, 6) is 1.67. The first-order valence-electron chi connectivity index (χ1n) is 5.99. The molecule has 0 spiro atoms. The second-order valence-electron chi connectivity index (χ2n) is 4.54. The fourth-order valence-corrected chi connectivity index (χ4v) is 3.31. The van der Waals surface area contributed by atoms with E-state index in [-0.39, 0.29) is 5.38 Å². The van der Waals surface area contributed by atoms with Crippen LogP contribution in [0.1, 0.15) is 33.4 Å². The van der Waals surface area contributed by atoms with Gasteiger partial charge in [0.1, 0.15) is 11.5 Å². The van der Waals surface area contributed by atoms with Gasteiger partial charge in [0.05, 0.1) is 18.8 Å². The van der Waals surface area contributed by atoms with Gasteiger partial charge >= 0.3 is 0 Å². The van der Waals surface area contributed by atoms with Crippen LogP contribution in [0.5, 0.6) is 5.75 Å². The highest BCUT2D eigenvalue weighted by Gasteiger charge is 2.23. The Bertz CT molecular complexity index is 604. The summed E-state index contributed by atoms with van der Waals surface area (Å²) in [5, 5.41) is -0.287. The lowest BCUT2D eigenvalue weighted by Crippen LogP contribution is -2.03. The molecule has 2 aromatic rings. The number of furan rings is 1. The van der Waals surface area contributed by atoms with E-state index in [9.17, 15) is 0 Å². The summed E-state index contributed by atoms with van der Waals surface area (Å²) >= 11 is 10.2. The van der Waals surface area contributed by atoms with Crippen molar-refractivity contribution < 1.29 is 9.15 Å². The van der Waals surface area contributed by atoms with E-state index >= 15 is 0 Å². The standard InChI is InChI=1S/C15H16BrClO2/c1-8-7-12(16)9(2)13(15(8)18-4)14(17)11-5-6-19-10(11)3/h5-7,14H,1-4H3. The molecule has 0 amide bonds. The van der Waals surface area contributed by atoms with Crippen LogP contribution < -0.4 is 4.74 Å². The molecule has 0 bridgehead atoms. The molecule has 2 nitrogen and oxygen atoms in total. The quantitative estimate of drug-likeness (QED) is 0.705. The van der Waals surface area contributed by atoms with Crippen molar-refractivity contribution in [1.29, 1.82) is 0 Å². The lowest BCUT2D eigenvalue weighted by Gasteiger charge is -2.19. The first-order chi connectivity index (χ1) is 8.97. The number of benzene rings is 1. The Kier molecular flexibility index (Phi) is 4.26. The molecule has 0 N–H and O–H groups in total. The Morgan fingerprint density at radius 1 is 1.32 bits per heavy atom. The van der Waals surface area contributed by atoms with Crippen LogP contribution in [0, 0.1) is 20.8 Å². The number of halogens is 2. The smallest absolute Gasteiger partial charge is 0.127 e. The fourth-order valence-electron chi connectivity index (χ4n) is 2.26. The van der Waals surface area contributed by atoms with E-state index in [1.807, 2.05) is 32.9 Å². The van der Waals surface area contributed by atoms with Crippen molar-refractivity contribution >= 4 is 27.5 Å². The number of alkyl halides is 1. The van der Waals surface area contributed by atoms with E-state index in [4.69, 9.17) is 20.8 Å². The van der Waals surface area contributed by atoms with Crippen LogP contribution >= 0.6 is 27.5 Å². The van der Waals surface area contributed by atoms with Gasteiger partial charge in [0.15, 0.2) is 0 Å². The van der Waals surface area contributed by atoms with Gasteiger partial charge in [0.25, 0.3) is 0 Å². The Labute approximate surface area is 126 Å². The van der Waals surface area contributed by atoms with Gasteiger partial charge in [-0.15, -0.1) is 11.6 Å².